The van der Waals surface area contributed by atoms with Crippen LogP contribution in [-0.4, -0.2) is 50.7 Å². The molecule has 0 unspecified atom stereocenters. The molecular weight excluding hydrogens is 508 g/mol. The van der Waals surface area contributed by atoms with E-state index in [-0.39, 0.29) is 30.0 Å². The van der Waals surface area contributed by atoms with E-state index in [9.17, 15) is 33.4 Å². The molecule has 1 amide bonds. The summed E-state index contributed by atoms with van der Waals surface area (Å²) in [7, 11) is 0. The number of aliphatic hydroxyl groups is 2. The predicted octanol–water partition coefficient (Wildman–Crippen LogP) is 1.73. The lowest BCUT2D eigenvalue weighted by molar-refractivity contribution is -0.173. The average molecular weight is 530 g/mol. The number of ether oxygens (including phenoxy) is 1. The summed E-state index contributed by atoms with van der Waals surface area (Å²) in [5.74, 6) is -1.70. The highest BCUT2D eigenvalue weighted by Crippen LogP contribution is 2.48. The molecule has 192 valence electrons. The number of carbonyl (C=O) groups excluding carboxylic acids is 2. The minimum Gasteiger partial charge on any atom is -0.458 e. The van der Waals surface area contributed by atoms with Crippen LogP contribution in [-0.2, 0) is 33.1 Å². The van der Waals surface area contributed by atoms with E-state index >= 15 is 0 Å². The Kier molecular flexibility index (Phi) is 5.41. The molecule has 12 heteroatoms. The number of nitrogens with one attached hydrogen (secondary N) is 1. The number of benzene rings is 1. The number of aliphatic hydroxyl groups excluding tert-OH is 1. The van der Waals surface area contributed by atoms with Gasteiger partial charge in [-0.3, -0.25) is 14.0 Å². The third-order valence-corrected chi connectivity index (χ3v) is 8.62. The summed E-state index contributed by atoms with van der Waals surface area (Å²) in [6, 6.07) is 2.20. The molecule has 0 fully saturated rings. The third-order valence-electron chi connectivity index (χ3n) is 7.33. The quantitative estimate of drug-likeness (QED) is 0.341. The van der Waals surface area contributed by atoms with E-state index in [0.29, 0.717) is 43.9 Å². The first-order chi connectivity index (χ1) is 17.7. The third kappa shape index (κ3) is 3.28. The summed E-state index contributed by atoms with van der Waals surface area (Å²) in [5, 5.41) is 23.8. The van der Waals surface area contributed by atoms with E-state index in [2.05, 4.69) is 5.32 Å². The Hall–Kier alpha value is -3.35. The number of amides is 1. The number of cyclic esters (lactones) is 1. The number of thioether (sulfide) groups is 1. The van der Waals surface area contributed by atoms with E-state index in [0.717, 1.165) is 0 Å². The number of pyridine rings is 2. The SMILES string of the molecule is Cc1c(F)cc2nc3c(c4c2c1SC[C@@H]4NC(=O)CO)Cn1c-3cc2c(c1=O)COC(=O)[C@]2(O)CCF. The highest BCUT2D eigenvalue weighted by Gasteiger charge is 2.47. The molecule has 37 heavy (non-hydrogen) atoms. The topological polar surface area (TPSA) is 131 Å². The normalized spacial score (nSPS) is 21.3. The number of nitrogens with zero attached hydrogens (tertiary/aromatic N) is 2. The van der Waals surface area contributed by atoms with Crippen molar-refractivity contribution in [1.29, 1.82) is 0 Å². The largest absolute Gasteiger partial charge is 0.458 e. The molecule has 6 rings (SSSR count). The predicted molar refractivity (Wildman–Crippen MR) is 128 cm³/mol. The number of esters is 1. The highest BCUT2D eigenvalue weighted by molar-refractivity contribution is 7.99. The van der Waals surface area contributed by atoms with E-state index in [1.54, 1.807) is 6.92 Å². The first kappa shape index (κ1) is 24.0. The fourth-order valence-electron chi connectivity index (χ4n) is 5.52. The van der Waals surface area contributed by atoms with Crippen molar-refractivity contribution in [3.05, 3.63) is 56.1 Å². The Balaban J connectivity index is 1.65. The summed E-state index contributed by atoms with van der Waals surface area (Å²) in [6.07, 6.45) is -0.578. The number of aromatic nitrogens is 2. The molecule has 9 nitrogen and oxygen atoms in total. The Morgan fingerprint density at radius 2 is 2.14 bits per heavy atom. The van der Waals surface area contributed by atoms with E-state index in [4.69, 9.17) is 9.72 Å². The van der Waals surface area contributed by atoms with Crippen molar-refractivity contribution < 1.29 is 33.3 Å². The monoisotopic (exact) mass is 529 g/mol. The first-order valence-corrected chi connectivity index (χ1v) is 12.6. The molecule has 3 aliphatic heterocycles. The van der Waals surface area contributed by atoms with E-state index in [1.165, 1.54) is 28.5 Å². The van der Waals surface area contributed by atoms with Gasteiger partial charge in [-0.25, -0.2) is 14.2 Å². The summed E-state index contributed by atoms with van der Waals surface area (Å²) < 4.78 is 34.6. The summed E-state index contributed by atoms with van der Waals surface area (Å²) in [6.45, 7) is -0.340. The molecule has 3 aliphatic rings. The number of hydrogen-bond donors (Lipinski definition) is 3. The molecule has 3 N–H and O–H groups in total. The van der Waals surface area contributed by atoms with Crippen LogP contribution in [0.5, 0.6) is 0 Å². The Bertz CT molecular complexity index is 1610. The molecule has 5 heterocycles. The summed E-state index contributed by atoms with van der Waals surface area (Å²) in [5.41, 5.74) is -0.126. The number of alkyl halides is 1. The second kappa shape index (κ2) is 8.33. The number of rotatable bonds is 4. The van der Waals surface area contributed by atoms with Gasteiger partial charge in [0.15, 0.2) is 5.60 Å². The Morgan fingerprint density at radius 3 is 2.86 bits per heavy atom. The van der Waals surface area contributed by atoms with Crippen molar-refractivity contribution in [3.63, 3.8) is 0 Å². The molecule has 0 spiro atoms. The molecule has 2 atom stereocenters. The standard InChI is InChI=1S/C25H21F2N3O6S/c1-10-14(27)5-15-20-19(16(9-37-22(10)20)28-18(32)7-31)11-6-30-17(21(11)29-15)4-13-12(23(30)33)8-36-24(34)25(13,35)2-3-26/h4-5,16,31,35H,2-3,6-9H2,1H3,(H,28,32)/t16-,25-/m0/s1. The van der Waals surface area contributed by atoms with Crippen LogP contribution in [0, 0.1) is 12.7 Å². The van der Waals surface area contributed by atoms with E-state index < -0.39 is 54.6 Å². The minimum atomic E-state index is -2.32. The zero-order valence-corrected chi connectivity index (χ0v) is 20.4. The minimum absolute atomic E-state index is 0.0301. The van der Waals surface area contributed by atoms with Gasteiger partial charge in [0.1, 0.15) is 19.0 Å². The molecule has 0 saturated heterocycles. The van der Waals surface area contributed by atoms with Gasteiger partial charge >= 0.3 is 5.97 Å². The van der Waals surface area contributed by atoms with Gasteiger partial charge in [0.05, 0.1) is 41.7 Å². The lowest BCUT2D eigenvalue weighted by Crippen LogP contribution is -2.45. The summed E-state index contributed by atoms with van der Waals surface area (Å²) in [4.78, 5) is 43.5. The fourth-order valence-corrected chi connectivity index (χ4v) is 6.77. The van der Waals surface area contributed by atoms with Gasteiger partial charge in [-0.15, -0.1) is 11.8 Å². The van der Waals surface area contributed by atoms with Crippen molar-refractivity contribution in [2.24, 2.45) is 0 Å². The van der Waals surface area contributed by atoms with Crippen molar-refractivity contribution in [1.82, 2.24) is 14.9 Å². The van der Waals surface area contributed by atoms with Crippen LogP contribution in [0.2, 0.25) is 0 Å². The van der Waals surface area contributed by atoms with Gasteiger partial charge in [0.25, 0.3) is 5.56 Å². The average Bonchev–Trinajstić information content (AvgIpc) is 3.24. The molecule has 1 aromatic carbocycles. The lowest BCUT2D eigenvalue weighted by Gasteiger charge is -2.32. The molecule has 2 aromatic heterocycles. The van der Waals surface area contributed by atoms with Crippen molar-refractivity contribution >= 4 is 34.5 Å². The summed E-state index contributed by atoms with van der Waals surface area (Å²) >= 11 is 1.37. The maximum atomic E-state index is 14.8. The van der Waals surface area contributed by atoms with Gasteiger partial charge in [-0.05, 0) is 24.1 Å². The smallest absolute Gasteiger partial charge is 0.343 e. The van der Waals surface area contributed by atoms with Crippen LogP contribution in [0.4, 0.5) is 8.78 Å². The van der Waals surface area contributed by atoms with Crippen LogP contribution < -0.4 is 10.9 Å². The lowest BCUT2D eigenvalue weighted by atomic mass is 9.85. The van der Waals surface area contributed by atoms with Gasteiger partial charge in [-0.1, -0.05) is 0 Å². The maximum absolute atomic E-state index is 14.8. The number of hydrogen-bond acceptors (Lipinski definition) is 8. The van der Waals surface area contributed by atoms with Crippen LogP contribution in [0.1, 0.15) is 40.3 Å². The fraction of sp³-hybridized carbons (Fsp3) is 0.360. The van der Waals surface area contributed by atoms with Crippen molar-refractivity contribution in [2.45, 2.75) is 43.0 Å². The highest BCUT2D eigenvalue weighted by atomic mass is 32.2. The number of carbonyl (C=O) groups is 2. The number of halogens is 2. The van der Waals surface area contributed by atoms with Gasteiger partial charge in [0, 0.05) is 39.6 Å². The van der Waals surface area contributed by atoms with Crippen molar-refractivity contribution in [2.75, 3.05) is 19.0 Å². The molecule has 0 radical (unpaired) electrons. The van der Waals surface area contributed by atoms with Crippen LogP contribution in [0.25, 0.3) is 22.3 Å². The first-order valence-electron chi connectivity index (χ1n) is 11.6. The maximum Gasteiger partial charge on any atom is 0.343 e. The second-order valence-electron chi connectivity index (χ2n) is 9.34. The van der Waals surface area contributed by atoms with E-state index in [1.807, 2.05) is 0 Å². The van der Waals surface area contributed by atoms with Gasteiger partial charge < -0.3 is 24.8 Å². The van der Waals surface area contributed by atoms with Gasteiger partial charge in [-0.2, -0.15) is 0 Å². The van der Waals surface area contributed by atoms with Crippen LogP contribution in [0.3, 0.4) is 0 Å². The zero-order chi connectivity index (χ0) is 26.2. The Labute approximate surface area is 212 Å². The van der Waals surface area contributed by atoms with Crippen LogP contribution in [0.15, 0.2) is 21.8 Å². The Morgan fingerprint density at radius 1 is 1.35 bits per heavy atom. The molecule has 0 bridgehead atoms. The molecule has 0 saturated carbocycles. The molecule has 0 aliphatic carbocycles. The zero-order valence-electron chi connectivity index (χ0n) is 19.6. The molecular formula is C25H21F2N3O6S. The van der Waals surface area contributed by atoms with Gasteiger partial charge in [0.2, 0.25) is 5.91 Å². The molecule has 3 aromatic rings. The number of fused-ring (bicyclic) bond motifs is 5. The van der Waals surface area contributed by atoms with Crippen LogP contribution >= 0.6 is 11.8 Å². The second-order valence-corrected chi connectivity index (χ2v) is 10.4. The van der Waals surface area contributed by atoms with Crippen molar-refractivity contribution in [3.8, 4) is 11.4 Å².